The number of nitrogens with two attached hydrogens (primary N) is 1. The van der Waals surface area contributed by atoms with Gasteiger partial charge in [0.2, 0.25) is 0 Å². The summed E-state index contributed by atoms with van der Waals surface area (Å²) in [7, 11) is 0. The molecular formula is C15H21N3O. The van der Waals surface area contributed by atoms with E-state index in [4.69, 9.17) is 11.1 Å². The van der Waals surface area contributed by atoms with Crippen LogP contribution >= 0.6 is 0 Å². The van der Waals surface area contributed by atoms with Crippen LogP contribution in [0.3, 0.4) is 0 Å². The number of aliphatic hydroxyl groups is 1. The molecule has 0 amide bonds. The summed E-state index contributed by atoms with van der Waals surface area (Å²) < 4.78 is 0. The van der Waals surface area contributed by atoms with E-state index in [0.29, 0.717) is 12.1 Å². The zero-order chi connectivity index (χ0) is 13.4. The highest BCUT2D eigenvalue weighted by Crippen LogP contribution is 2.36. The van der Waals surface area contributed by atoms with Crippen molar-refractivity contribution in [2.75, 3.05) is 0 Å². The van der Waals surface area contributed by atoms with Gasteiger partial charge in [-0.1, -0.05) is 24.3 Å². The van der Waals surface area contributed by atoms with Crippen molar-refractivity contribution in [2.45, 2.75) is 50.4 Å². The highest BCUT2D eigenvalue weighted by Gasteiger charge is 2.39. The summed E-state index contributed by atoms with van der Waals surface area (Å²) in [5.41, 5.74) is 7.50. The summed E-state index contributed by atoms with van der Waals surface area (Å²) >= 11 is 0. The number of nitrogen functional groups attached to an aromatic ring is 1. The highest BCUT2D eigenvalue weighted by molar-refractivity contribution is 5.94. The van der Waals surface area contributed by atoms with Crippen molar-refractivity contribution >= 4 is 5.84 Å². The first-order chi connectivity index (χ1) is 9.13. The lowest BCUT2D eigenvalue weighted by Gasteiger charge is -2.37. The minimum atomic E-state index is -0.103. The number of piperidine rings is 1. The fraction of sp³-hybridized carbons (Fsp3) is 0.533. The van der Waals surface area contributed by atoms with Crippen molar-refractivity contribution in [1.29, 1.82) is 5.41 Å². The van der Waals surface area contributed by atoms with Crippen LogP contribution in [0.5, 0.6) is 0 Å². The lowest BCUT2D eigenvalue weighted by molar-refractivity contribution is 0.0310. The third-order valence-electron chi connectivity index (χ3n) is 4.49. The maximum absolute atomic E-state index is 9.81. The molecule has 102 valence electrons. The molecule has 0 aliphatic carbocycles. The van der Waals surface area contributed by atoms with Crippen molar-refractivity contribution < 1.29 is 5.11 Å². The largest absolute Gasteiger partial charge is 0.393 e. The molecule has 0 saturated carbocycles. The van der Waals surface area contributed by atoms with Gasteiger partial charge in [0.1, 0.15) is 5.84 Å². The predicted octanol–water partition coefficient (Wildman–Crippen LogP) is 1.46. The van der Waals surface area contributed by atoms with Crippen LogP contribution in [0.2, 0.25) is 0 Å². The van der Waals surface area contributed by atoms with Crippen molar-refractivity contribution in [2.24, 2.45) is 5.73 Å². The Kier molecular flexibility index (Phi) is 3.29. The summed E-state index contributed by atoms with van der Waals surface area (Å²) in [6, 6.07) is 9.03. The van der Waals surface area contributed by atoms with Crippen molar-refractivity contribution in [3.05, 3.63) is 35.4 Å². The Morgan fingerprint density at radius 1 is 1.21 bits per heavy atom. The molecule has 2 aliphatic heterocycles. The van der Waals surface area contributed by atoms with Crippen LogP contribution in [0.25, 0.3) is 0 Å². The molecule has 2 heterocycles. The van der Waals surface area contributed by atoms with E-state index in [1.54, 1.807) is 0 Å². The summed E-state index contributed by atoms with van der Waals surface area (Å²) in [5, 5.41) is 17.2. The molecule has 1 aromatic carbocycles. The van der Waals surface area contributed by atoms with E-state index in [-0.39, 0.29) is 11.9 Å². The number of hydrogen-bond donors (Lipinski definition) is 3. The number of fused-ring (bicyclic) bond motifs is 2. The standard InChI is InChI=1S/C15H21N3O/c16-15(17)11-3-1-10(2-4-11)9-18-12-5-6-13(18)8-14(19)7-12/h1-4,12-14,19H,5-9H2,(H3,16,17). The first-order valence-electron chi connectivity index (χ1n) is 7.00. The first kappa shape index (κ1) is 12.6. The first-order valence-corrected chi connectivity index (χ1v) is 7.00. The Balaban J connectivity index is 1.70. The van der Waals surface area contributed by atoms with Gasteiger partial charge in [-0.2, -0.15) is 0 Å². The second kappa shape index (κ2) is 4.94. The Morgan fingerprint density at radius 3 is 2.32 bits per heavy atom. The molecule has 19 heavy (non-hydrogen) atoms. The molecule has 4 nitrogen and oxygen atoms in total. The quantitative estimate of drug-likeness (QED) is 0.568. The van der Waals surface area contributed by atoms with Crippen molar-refractivity contribution in [3.63, 3.8) is 0 Å². The molecule has 4 heteroatoms. The molecule has 2 unspecified atom stereocenters. The fourth-order valence-electron chi connectivity index (χ4n) is 3.50. The molecule has 3 rings (SSSR count). The number of benzene rings is 1. The minimum Gasteiger partial charge on any atom is -0.393 e. The Morgan fingerprint density at radius 2 is 1.79 bits per heavy atom. The third-order valence-corrected chi connectivity index (χ3v) is 4.49. The van der Waals surface area contributed by atoms with E-state index >= 15 is 0 Å². The molecule has 1 aromatic rings. The maximum Gasteiger partial charge on any atom is 0.122 e. The van der Waals surface area contributed by atoms with Gasteiger partial charge in [0.15, 0.2) is 0 Å². The molecule has 0 radical (unpaired) electrons. The highest BCUT2D eigenvalue weighted by atomic mass is 16.3. The van der Waals surface area contributed by atoms with Crippen LogP contribution in [-0.2, 0) is 6.54 Å². The van der Waals surface area contributed by atoms with E-state index in [0.717, 1.165) is 24.9 Å². The molecule has 0 spiro atoms. The van der Waals surface area contributed by atoms with E-state index in [9.17, 15) is 5.11 Å². The molecule has 2 aliphatic rings. The molecular weight excluding hydrogens is 238 g/mol. The second-order valence-electron chi connectivity index (χ2n) is 5.79. The van der Waals surface area contributed by atoms with Crippen LogP contribution in [0, 0.1) is 5.41 Å². The fourth-order valence-corrected chi connectivity index (χ4v) is 3.50. The normalized spacial score (nSPS) is 30.5. The molecule has 2 atom stereocenters. The minimum absolute atomic E-state index is 0.103. The molecule has 4 N–H and O–H groups in total. The SMILES string of the molecule is N=C(N)c1ccc(CN2C3CCC2CC(O)C3)cc1. The summed E-state index contributed by atoms with van der Waals surface area (Å²) in [6.07, 6.45) is 4.17. The number of nitrogens with zero attached hydrogens (tertiary/aromatic N) is 1. The smallest absolute Gasteiger partial charge is 0.122 e. The second-order valence-corrected chi connectivity index (χ2v) is 5.79. The predicted molar refractivity (Wildman–Crippen MR) is 75.1 cm³/mol. The average Bonchev–Trinajstić information content (AvgIpc) is 2.62. The van der Waals surface area contributed by atoms with E-state index in [2.05, 4.69) is 17.0 Å². The lowest BCUT2D eigenvalue weighted by atomic mass is 9.99. The number of amidine groups is 1. The van der Waals surface area contributed by atoms with Crippen LogP contribution in [0.1, 0.15) is 36.8 Å². The molecule has 0 aromatic heterocycles. The van der Waals surface area contributed by atoms with Gasteiger partial charge >= 0.3 is 0 Å². The zero-order valence-electron chi connectivity index (χ0n) is 11.0. The van der Waals surface area contributed by atoms with Crippen LogP contribution in [0.15, 0.2) is 24.3 Å². The van der Waals surface area contributed by atoms with E-state index < -0.39 is 0 Å². The maximum atomic E-state index is 9.81. The van der Waals surface area contributed by atoms with Crippen molar-refractivity contribution in [3.8, 4) is 0 Å². The van der Waals surface area contributed by atoms with Gasteiger partial charge in [0.05, 0.1) is 6.10 Å². The summed E-state index contributed by atoms with van der Waals surface area (Å²) in [6.45, 7) is 0.945. The van der Waals surface area contributed by atoms with Crippen LogP contribution in [-0.4, -0.2) is 34.0 Å². The van der Waals surface area contributed by atoms with E-state index in [1.165, 1.54) is 18.4 Å². The van der Waals surface area contributed by atoms with E-state index in [1.807, 2.05) is 12.1 Å². The average molecular weight is 259 g/mol. The molecule has 2 fully saturated rings. The Bertz CT molecular complexity index is 457. The Hall–Kier alpha value is -1.39. The van der Waals surface area contributed by atoms with Crippen LogP contribution < -0.4 is 5.73 Å². The summed E-state index contributed by atoms with van der Waals surface area (Å²) in [5.74, 6) is 0.118. The van der Waals surface area contributed by atoms with Gasteiger partial charge in [0, 0.05) is 24.2 Å². The van der Waals surface area contributed by atoms with Gasteiger partial charge in [-0.15, -0.1) is 0 Å². The monoisotopic (exact) mass is 259 g/mol. The van der Waals surface area contributed by atoms with Crippen LogP contribution in [0.4, 0.5) is 0 Å². The number of nitrogens with one attached hydrogen (secondary N) is 1. The number of hydrogen-bond acceptors (Lipinski definition) is 3. The Labute approximate surface area is 113 Å². The lowest BCUT2D eigenvalue weighted by Crippen LogP contribution is -2.44. The molecule has 2 bridgehead atoms. The van der Waals surface area contributed by atoms with Gasteiger partial charge in [0.25, 0.3) is 0 Å². The van der Waals surface area contributed by atoms with Gasteiger partial charge < -0.3 is 10.8 Å². The van der Waals surface area contributed by atoms with Gasteiger partial charge in [-0.3, -0.25) is 10.3 Å². The summed E-state index contributed by atoms with van der Waals surface area (Å²) in [4.78, 5) is 2.54. The third kappa shape index (κ3) is 2.51. The number of aliphatic hydroxyl groups excluding tert-OH is 1. The number of rotatable bonds is 3. The zero-order valence-corrected chi connectivity index (χ0v) is 11.0. The van der Waals surface area contributed by atoms with Crippen molar-refractivity contribution in [1.82, 2.24) is 4.90 Å². The van der Waals surface area contributed by atoms with Gasteiger partial charge in [-0.05, 0) is 31.2 Å². The topological polar surface area (TPSA) is 73.3 Å². The van der Waals surface area contributed by atoms with Gasteiger partial charge in [-0.25, -0.2) is 0 Å². The molecule has 2 saturated heterocycles.